The molecule has 5 rings (SSSR count). The van der Waals surface area contributed by atoms with Crippen LogP contribution in [0, 0.1) is 5.92 Å². The van der Waals surface area contributed by atoms with E-state index in [4.69, 9.17) is 19.2 Å². The van der Waals surface area contributed by atoms with Crippen LogP contribution in [0.25, 0.3) is 22.2 Å². The van der Waals surface area contributed by atoms with Gasteiger partial charge in [0.15, 0.2) is 0 Å². The van der Waals surface area contributed by atoms with Crippen LogP contribution in [-0.4, -0.2) is 70.4 Å². The fraction of sp³-hybridized carbons (Fsp3) is 0.486. The Morgan fingerprint density at radius 1 is 1.07 bits per heavy atom. The molecule has 2 N–H and O–H groups in total. The molecule has 0 bridgehead atoms. The Hall–Kier alpha value is -4.18. The first kappa shape index (κ1) is 32.2. The maximum Gasteiger partial charge on any atom is 0.408 e. The molecule has 45 heavy (non-hydrogen) atoms. The number of hydrogen-bond donors (Lipinski definition) is 2. The first-order valence-corrected chi connectivity index (χ1v) is 15.6. The predicted octanol–water partition coefficient (Wildman–Crippen LogP) is 5.52. The number of pyridine rings is 1. The van der Waals surface area contributed by atoms with Gasteiger partial charge in [0, 0.05) is 30.0 Å². The lowest BCUT2D eigenvalue weighted by atomic mass is 10.0. The summed E-state index contributed by atoms with van der Waals surface area (Å²) in [6.45, 7) is 9.08. The monoisotopic (exact) mass is 617 g/mol. The summed E-state index contributed by atoms with van der Waals surface area (Å²) in [6.07, 6.45) is 2.21. The van der Waals surface area contributed by atoms with E-state index in [-0.39, 0.29) is 25.5 Å². The molecule has 0 radical (unpaired) electrons. The van der Waals surface area contributed by atoms with Gasteiger partial charge in [-0.3, -0.25) is 4.79 Å². The number of carbonyl (C=O) groups excluding carboxylic acids is 2. The minimum atomic E-state index is -1.12. The number of ether oxygens (including phenoxy) is 3. The highest BCUT2D eigenvalue weighted by Crippen LogP contribution is 2.32. The second-order valence-corrected chi connectivity index (χ2v) is 13.3. The molecule has 1 aliphatic heterocycles. The minimum absolute atomic E-state index is 0.0868. The number of benzene rings is 2. The normalized spacial score (nSPS) is 18.6. The van der Waals surface area contributed by atoms with Crippen molar-refractivity contribution in [3.8, 4) is 17.0 Å². The van der Waals surface area contributed by atoms with Crippen molar-refractivity contribution < 1.29 is 33.7 Å². The number of methoxy groups -OCH3 is 1. The maximum absolute atomic E-state index is 13.7. The summed E-state index contributed by atoms with van der Waals surface area (Å²) in [7, 11) is 1.62. The van der Waals surface area contributed by atoms with Gasteiger partial charge >= 0.3 is 12.1 Å². The molecule has 10 nitrogen and oxygen atoms in total. The van der Waals surface area contributed by atoms with E-state index in [9.17, 15) is 19.5 Å². The lowest BCUT2D eigenvalue weighted by molar-refractivity contribution is -0.149. The van der Waals surface area contributed by atoms with Crippen LogP contribution in [0.1, 0.15) is 64.2 Å². The Labute approximate surface area is 264 Å². The number of amides is 2. The first-order chi connectivity index (χ1) is 21.3. The van der Waals surface area contributed by atoms with E-state index in [1.54, 1.807) is 41.7 Å². The molecule has 1 fully saturated rings. The van der Waals surface area contributed by atoms with Crippen molar-refractivity contribution in [1.29, 1.82) is 0 Å². The second-order valence-electron chi connectivity index (χ2n) is 13.3. The summed E-state index contributed by atoms with van der Waals surface area (Å²) in [5.41, 5.74) is 5.53. The van der Waals surface area contributed by atoms with Gasteiger partial charge in [0.1, 0.15) is 23.4 Å². The molecule has 1 saturated heterocycles. The number of carbonyl (C=O) groups is 3. The number of fused-ring (bicyclic) bond motifs is 2. The molecular weight excluding hydrogens is 574 g/mol. The largest absolute Gasteiger partial charge is 0.497 e. The van der Waals surface area contributed by atoms with Gasteiger partial charge in [0.2, 0.25) is 5.91 Å². The number of rotatable bonds is 9. The van der Waals surface area contributed by atoms with E-state index in [0.29, 0.717) is 5.75 Å². The third-order valence-corrected chi connectivity index (χ3v) is 8.41. The second kappa shape index (κ2) is 13.0. The van der Waals surface area contributed by atoms with Gasteiger partial charge < -0.3 is 29.5 Å². The molecule has 1 unspecified atom stereocenters. The van der Waals surface area contributed by atoms with E-state index >= 15 is 0 Å². The summed E-state index contributed by atoms with van der Waals surface area (Å²) in [4.78, 5) is 44.7. The van der Waals surface area contributed by atoms with E-state index in [2.05, 4.69) is 23.5 Å². The predicted molar refractivity (Wildman–Crippen MR) is 170 cm³/mol. The average Bonchev–Trinajstić information content (AvgIpc) is 3.64. The molecule has 2 aliphatic rings. The summed E-state index contributed by atoms with van der Waals surface area (Å²) in [5.74, 6) is -1.19. The van der Waals surface area contributed by atoms with Crippen LogP contribution in [0.5, 0.6) is 5.75 Å². The van der Waals surface area contributed by atoms with Crippen LogP contribution in [0.2, 0.25) is 0 Å². The van der Waals surface area contributed by atoms with Crippen LogP contribution < -0.4 is 10.1 Å². The van der Waals surface area contributed by atoms with E-state index in [1.165, 1.54) is 16.0 Å². The molecule has 1 aliphatic carbocycles. The van der Waals surface area contributed by atoms with Crippen molar-refractivity contribution in [2.45, 2.75) is 90.7 Å². The number of hydrogen-bond acceptors (Lipinski definition) is 7. The zero-order valence-corrected chi connectivity index (χ0v) is 26.9. The minimum Gasteiger partial charge on any atom is -0.497 e. The number of likely N-dealkylation sites (tertiary alicyclic amines) is 1. The Morgan fingerprint density at radius 2 is 1.82 bits per heavy atom. The zero-order valence-electron chi connectivity index (χ0n) is 26.9. The van der Waals surface area contributed by atoms with E-state index in [0.717, 1.165) is 47.0 Å². The first-order valence-electron chi connectivity index (χ1n) is 15.6. The maximum atomic E-state index is 13.7. The molecule has 3 aromatic rings. The highest BCUT2D eigenvalue weighted by Gasteiger charge is 2.43. The lowest BCUT2D eigenvalue weighted by Crippen LogP contribution is -2.54. The van der Waals surface area contributed by atoms with Gasteiger partial charge in [-0.1, -0.05) is 26.0 Å². The molecule has 10 heteroatoms. The third kappa shape index (κ3) is 7.39. The Kier molecular flexibility index (Phi) is 9.34. The van der Waals surface area contributed by atoms with E-state index in [1.807, 2.05) is 24.3 Å². The summed E-state index contributed by atoms with van der Waals surface area (Å²) in [5, 5.41) is 13.6. The van der Waals surface area contributed by atoms with Crippen LogP contribution >= 0.6 is 0 Å². The smallest absolute Gasteiger partial charge is 0.408 e. The van der Waals surface area contributed by atoms with Crippen LogP contribution in [-0.2, 0) is 38.5 Å². The van der Waals surface area contributed by atoms with Crippen molar-refractivity contribution in [3.05, 3.63) is 59.2 Å². The third-order valence-electron chi connectivity index (χ3n) is 8.41. The van der Waals surface area contributed by atoms with Crippen LogP contribution in [0.15, 0.2) is 42.5 Å². The van der Waals surface area contributed by atoms with Crippen molar-refractivity contribution >= 4 is 28.9 Å². The number of carboxylic acids is 1. The zero-order chi connectivity index (χ0) is 32.5. The number of alkyl carbamates (subject to hydrolysis) is 1. The highest BCUT2D eigenvalue weighted by molar-refractivity contribution is 5.90. The topological polar surface area (TPSA) is 127 Å². The molecule has 2 aromatic carbocycles. The van der Waals surface area contributed by atoms with Crippen molar-refractivity contribution in [1.82, 2.24) is 15.2 Å². The number of aliphatic carboxylic acids is 1. The van der Waals surface area contributed by atoms with Gasteiger partial charge in [0.05, 0.1) is 31.0 Å². The molecule has 2 heterocycles. The SMILES string of the molecule is COc1ccc2c(COC3C[C@@H](C(=O)O)N(C(=O)[C@@H](NC(=O)OC(C)(C)C)C(C)C)C3)cc(-c3ccc4c(c3)CCC4)nc2c1. The number of aryl methyl sites for hydroxylation is 2. The quantitative estimate of drug-likeness (QED) is 0.322. The average molecular weight is 618 g/mol. The number of carboxylic acid groups (broad SMARTS) is 1. The van der Waals surface area contributed by atoms with Crippen LogP contribution in [0.3, 0.4) is 0 Å². The fourth-order valence-electron chi connectivity index (χ4n) is 6.14. The van der Waals surface area contributed by atoms with Crippen LogP contribution in [0.4, 0.5) is 4.79 Å². The van der Waals surface area contributed by atoms with Gasteiger partial charge in [-0.05, 0) is 86.9 Å². The molecular formula is C35H43N3O7. The fourth-order valence-corrected chi connectivity index (χ4v) is 6.14. The Bertz CT molecular complexity index is 1600. The standard InChI is InChI=1S/C35H43N3O7/c1-20(2)31(37-34(42)45-35(3,4)5)32(39)38-18-26(17-30(38)33(40)41)44-19-24-15-28(23-11-10-21-8-7-9-22(21)14-23)36-29-16-25(43-6)12-13-27(24)29/h10-16,20,26,30-31H,7-9,17-19H2,1-6H3,(H,37,42)(H,40,41)/t26?,30-,31-/m0/s1. The molecule has 240 valence electrons. The summed E-state index contributed by atoms with van der Waals surface area (Å²) < 4.78 is 17.2. The number of nitrogens with one attached hydrogen (secondary N) is 1. The van der Waals surface area contributed by atoms with E-state index < -0.39 is 41.8 Å². The van der Waals surface area contributed by atoms with Gasteiger partial charge in [0.25, 0.3) is 0 Å². The van der Waals surface area contributed by atoms with Gasteiger partial charge in [-0.25, -0.2) is 14.6 Å². The number of nitrogens with zero attached hydrogens (tertiary/aromatic N) is 2. The molecule has 2 amide bonds. The number of aromatic nitrogens is 1. The summed E-state index contributed by atoms with van der Waals surface area (Å²) >= 11 is 0. The highest BCUT2D eigenvalue weighted by atomic mass is 16.6. The van der Waals surface area contributed by atoms with Crippen molar-refractivity contribution in [2.75, 3.05) is 13.7 Å². The Morgan fingerprint density at radius 3 is 2.51 bits per heavy atom. The molecule has 0 saturated carbocycles. The van der Waals surface area contributed by atoms with Gasteiger partial charge in [-0.2, -0.15) is 0 Å². The lowest BCUT2D eigenvalue weighted by Gasteiger charge is -2.30. The Balaban J connectivity index is 1.37. The summed E-state index contributed by atoms with van der Waals surface area (Å²) in [6, 6.07) is 12.2. The molecule has 1 aromatic heterocycles. The van der Waals surface area contributed by atoms with Gasteiger partial charge in [-0.15, -0.1) is 0 Å². The molecule has 0 spiro atoms. The van der Waals surface area contributed by atoms with Crippen molar-refractivity contribution in [3.63, 3.8) is 0 Å². The van der Waals surface area contributed by atoms with Crippen molar-refractivity contribution in [2.24, 2.45) is 5.92 Å². The molecule has 3 atom stereocenters.